The van der Waals surface area contributed by atoms with Crippen molar-refractivity contribution in [1.29, 1.82) is 0 Å². The molecule has 0 N–H and O–H groups in total. The van der Waals surface area contributed by atoms with Gasteiger partial charge in [0, 0.05) is 18.5 Å². The molecule has 0 bridgehead atoms. The number of aryl methyl sites for hydroxylation is 1. The quantitative estimate of drug-likeness (QED) is 0.342. The van der Waals surface area contributed by atoms with Gasteiger partial charge in [0.2, 0.25) is 11.7 Å². The first kappa shape index (κ1) is 20.7. The molecular weight excluding hydrogens is 446 g/mol. The molecule has 6 aromatic rings. The molecule has 35 heavy (non-hydrogen) atoms. The maximum absolute atomic E-state index is 6.18. The van der Waals surface area contributed by atoms with Crippen LogP contribution in [0.3, 0.4) is 0 Å². The summed E-state index contributed by atoms with van der Waals surface area (Å²) in [4.78, 5) is 8.68. The van der Waals surface area contributed by atoms with Crippen LogP contribution in [0.15, 0.2) is 77.6 Å². The highest BCUT2D eigenvalue weighted by molar-refractivity contribution is 6.01. The third-order valence-corrected chi connectivity index (χ3v) is 5.35. The van der Waals surface area contributed by atoms with Gasteiger partial charge in [-0.2, -0.15) is 4.52 Å². The van der Waals surface area contributed by atoms with E-state index < -0.39 is 0 Å². The molecule has 10 nitrogen and oxygen atoms in total. The van der Waals surface area contributed by atoms with Crippen molar-refractivity contribution in [3.63, 3.8) is 0 Å². The Labute approximate surface area is 199 Å². The monoisotopic (exact) mass is 465 g/mol. The van der Waals surface area contributed by atoms with Crippen LogP contribution < -0.4 is 9.47 Å². The molecule has 0 radical (unpaired) electrons. The summed E-state index contributed by atoms with van der Waals surface area (Å²) in [5, 5.41) is 19.0. The van der Waals surface area contributed by atoms with Crippen molar-refractivity contribution in [2.24, 2.45) is 0 Å². The van der Waals surface area contributed by atoms with Crippen LogP contribution in [0.4, 0.5) is 0 Å². The number of hydrogen-bond donors (Lipinski definition) is 0. The van der Waals surface area contributed by atoms with Crippen LogP contribution >= 0.6 is 0 Å². The first-order chi connectivity index (χ1) is 17.3. The predicted octanol–water partition coefficient (Wildman–Crippen LogP) is 4.19. The Balaban J connectivity index is 1.49. The van der Waals surface area contributed by atoms with Crippen molar-refractivity contribution in [1.82, 2.24) is 34.9 Å². The number of benzene rings is 1. The fraction of sp³-hybridized carbons (Fsp3) is 0.120. The number of pyridine rings is 2. The minimum Gasteiger partial charge on any atom is -0.487 e. The Bertz CT molecular complexity index is 1610. The normalized spacial score (nSPS) is 11.2. The molecule has 0 spiro atoms. The standard InChI is InChI=1S/C25H19N7O3/c1-16-13-20(31-35-16)23-28-29-24-22-19(9-6-10-21(22)33-14-17-7-2-4-11-26-17)25(30-32(23)24)34-15-18-8-3-5-12-27-18/h2-13H,14-15H2,1H3. The van der Waals surface area contributed by atoms with Crippen molar-refractivity contribution in [3.8, 4) is 23.1 Å². The van der Waals surface area contributed by atoms with Crippen LogP contribution in [0, 0.1) is 6.92 Å². The summed E-state index contributed by atoms with van der Waals surface area (Å²) >= 11 is 0. The lowest BCUT2D eigenvalue weighted by Gasteiger charge is -2.13. The van der Waals surface area contributed by atoms with Crippen molar-refractivity contribution in [2.45, 2.75) is 20.1 Å². The summed E-state index contributed by atoms with van der Waals surface area (Å²) in [6.45, 7) is 2.35. The van der Waals surface area contributed by atoms with E-state index in [-0.39, 0.29) is 6.61 Å². The topological polar surface area (TPSA) is 113 Å². The Morgan fingerprint density at radius 3 is 2.31 bits per heavy atom. The molecule has 0 aliphatic rings. The van der Waals surface area contributed by atoms with E-state index in [4.69, 9.17) is 19.1 Å². The summed E-state index contributed by atoms with van der Waals surface area (Å²) in [5.41, 5.74) is 2.62. The van der Waals surface area contributed by atoms with E-state index in [1.54, 1.807) is 23.0 Å². The van der Waals surface area contributed by atoms with Gasteiger partial charge in [0.25, 0.3) is 0 Å². The van der Waals surface area contributed by atoms with Crippen LogP contribution in [0.2, 0.25) is 0 Å². The van der Waals surface area contributed by atoms with Crippen molar-refractivity contribution < 1.29 is 14.0 Å². The summed E-state index contributed by atoms with van der Waals surface area (Å²) in [5.74, 6) is 2.09. The first-order valence-corrected chi connectivity index (χ1v) is 10.9. The van der Waals surface area contributed by atoms with E-state index in [2.05, 4.69) is 25.3 Å². The van der Waals surface area contributed by atoms with Gasteiger partial charge in [-0.05, 0) is 43.3 Å². The van der Waals surface area contributed by atoms with Gasteiger partial charge in [0.1, 0.15) is 24.7 Å². The number of hydrogen-bond acceptors (Lipinski definition) is 9. The zero-order chi connectivity index (χ0) is 23.6. The van der Waals surface area contributed by atoms with Crippen molar-refractivity contribution >= 4 is 16.4 Å². The number of aromatic nitrogens is 7. The van der Waals surface area contributed by atoms with Gasteiger partial charge in [-0.1, -0.05) is 23.4 Å². The summed E-state index contributed by atoms with van der Waals surface area (Å²) in [7, 11) is 0. The van der Waals surface area contributed by atoms with E-state index in [9.17, 15) is 0 Å². The summed E-state index contributed by atoms with van der Waals surface area (Å²) in [6, 6.07) is 18.8. The largest absolute Gasteiger partial charge is 0.487 e. The molecule has 172 valence electrons. The summed E-state index contributed by atoms with van der Waals surface area (Å²) < 4.78 is 19.2. The molecule has 0 atom stereocenters. The predicted molar refractivity (Wildman–Crippen MR) is 126 cm³/mol. The molecule has 0 saturated carbocycles. The molecule has 0 amide bonds. The number of ether oxygens (including phenoxy) is 2. The van der Waals surface area contributed by atoms with E-state index in [1.807, 2.05) is 61.5 Å². The van der Waals surface area contributed by atoms with E-state index in [0.717, 1.165) is 16.8 Å². The molecule has 0 aliphatic carbocycles. The average Bonchev–Trinajstić information content (AvgIpc) is 3.53. The molecule has 5 aromatic heterocycles. The van der Waals surface area contributed by atoms with Crippen LogP contribution in [0.5, 0.6) is 11.6 Å². The average molecular weight is 465 g/mol. The van der Waals surface area contributed by atoms with E-state index in [1.165, 1.54) is 0 Å². The number of rotatable bonds is 7. The van der Waals surface area contributed by atoms with Crippen molar-refractivity contribution in [2.75, 3.05) is 0 Å². The Morgan fingerprint density at radius 2 is 1.63 bits per heavy atom. The van der Waals surface area contributed by atoms with Crippen LogP contribution in [0.1, 0.15) is 17.1 Å². The van der Waals surface area contributed by atoms with E-state index in [0.29, 0.717) is 46.5 Å². The lowest BCUT2D eigenvalue weighted by Crippen LogP contribution is -2.05. The molecule has 6 rings (SSSR count). The second kappa shape index (κ2) is 8.82. The SMILES string of the molecule is Cc1cc(-c2nnc3c4c(OCc5ccccn5)cccc4c(OCc4ccccn4)nn23)no1. The Kier molecular flexibility index (Phi) is 5.22. The first-order valence-electron chi connectivity index (χ1n) is 10.9. The van der Waals surface area contributed by atoms with Gasteiger partial charge in [0.05, 0.1) is 22.2 Å². The molecule has 0 unspecified atom stereocenters. The number of fused-ring (bicyclic) bond motifs is 3. The highest BCUT2D eigenvalue weighted by Gasteiger charge is 2.21. The van der Waals surface area contributed by atoms with Gasteiger partial charge in [-0.3, -0.25) is 9.97 Å². The zero-order valence-corrected chi connectivity index (χ0v) is 18.7. The van der Waals surface area contributed by atoms with Crippen LogP contribution in [-0.4, -0.2) is 34.9 Å². The molecule has 1 aromatic carbocycles. The van der Waals surface area contributed by atoms with Gasteiger partial charge in [-0.25, -0.2) is 0 Å². The Hall–Kier alpha value is -4.86. The second-order valence-electron chi connectivity index (χ2n) is 7.79. The molecule has 10 heteroatoms. The molecule has 5 heterocycles. The maximum atomic E-state index is 6.18. The lowest BCUT2D eigenvalue weighted by molar-refractivity contribution is 0.288. The van der Waals surface area contributed by atoms with Crippen molar-refractivity contribution in [3.05, 3.63) is 90.2 Å². The van der Waals surface area contributed by atoms with Gasteiger partial charge in [0.15, 0.2) is 11.3 Å². The number of nitrogens with zero attached hydrogens (tertiary/aromatic N) is 7. The van der Waals surface area contributed by atoms with Gasteiger partial charge < -0.3 is 14.0 Å². The minimum absolute atomic E-state index is 0.244. The maximum Gasteiger partial charge on any atom is 0.240 e. The van der Waals surface area contributed by atoms with E-state index >= 15 is 0 Å². The minimum atomic E-state index is 0.244. The molecule has 0 saturated heterocycles. The third kappa shape index (κ3) is 4.01. The van der Waals surface area contributed by atoms with Gasteiger partial charge >= 0.3 is 0 Å². The van der Waals surface area contributed by atoms with Crippen LogP contribution in [0.25, 0.3) is 27.9 Å². The highest BCUT2D eigenvalue weighted by atomic mass is 16.5. The summed E-state index contributed by atoms with van der Waals surface area (Å²) in [6.07, 6.45) is 3.46. The fourth-order valence-corrected chi connectivity index (χ4v) is 3.73. The molecular formula is C25H19N7O3. The lowest BCUT2D eigenvalue weighted by atomic mass is 10.1. The molecule has 0 aliphatic heterocycles. The third-order valence-electron chi connectivity index (χ3n) is 5.35. The smallest absolute Gasteiger partial charge is 0.240 e. The second-order valence-corrected chi connectivity index (χ2v) is 7.79. The zero-order valence-electron chi connectivity index (χ0n) is 18.7. The Morgan fingerprint density at radius 1 is 0.857 bits per heavy atom. The van der Waals surface area contributed by atoms with Crippen LogP contribution in [-0.2, 0) is 13.2 Å². The highest BCUT2D eigenvalue weighted by Crippen LogP contribution is 2.35. The van der Waals surface area contributed by atoms with Gasteiger partial charge in [-0.15, -0.1) is 15.3 Å². The fourth-order valence-electron chi connectivity index (χ4n) is 3.73. The molecule has 0 fully saturated rings.